The lowest BCUT2D eigenvalue weighted by molar-refractivity contribution is 0.0240. The third-order valence-corrected chi connectivity index (χ3v) is 4.86. The van der Waals surface area contributed by atoms with Gasteiger partial charge in [-0.1, -0.05) is 11.8 Å². The molecule has 3 heterocycles. The van der Waals surface area contributed by atoms with Gasteiger partial charge >= 0.3 is 6.09 Å². The number of rotatable bonds is 2. The lowest BCUT2D eigenvalue weighted by Gasteiger charge is -2.37. The Labute approximate surface area is 190 Å². The van der Waals surface area contributed by atoms with Crippen molar-refractivity contribution in [1.29, 1.82) is 5.26 Å². The zero-order chi connectivity index (χ0) is 22.7. The minimum absolute atomic E-state index is 0.231. The fourth-order valence-corrected chi connectivity index (χ4v) is 3.48. The van der Waals surface area contributed by atoms with E-state index < -0.39 is 5.60 Å². The maximum Gasteiger partial charge on any atom is 0.410 e. The van der Waals surface area contributed by atoms with Gasteiger partial charge in [0.05, 0.1) is 11.8 Å². The van der Waals surface area contributed by atoms with E-state index in [9.17, 15) is 4.79 Å². The predicted octanol–water partition coefficient (Wildman–Crippen LogP) is 2.98. The Hall–Kier alpha value is -1.70. The molecule has 0 unspecified atom stereocenters. The van der Waals surface area contributed by atoms with Gasteiger partial charge in [-0.3, -0.25) is 0 Å². The highest BCUT2D eigenvalue weighted by Gasteiger charge is 2.28. The highest BCUT2D eigenvalue weighted by molar-refractivity contribution is 7.98. The van der Waals surface area contributed by atoms with Crippen molar-refractivity contribution in [2.24, 2.45) is 0 Å². The Balaban J connectivity index is 0.000000826. The van der Waals surface area contributed by atoms with Gasteiger partial charge in [0, 0.05) is 45.2 Å². The van der Waals surface area contributed by atoms with Crippen molar-refractivity contribution in [3.63, 3.8) is 0 Å². The first kappa shape index (κ1) is 26.3. The number of nitriles is 1. The maximum atomic E-state index is 12.2. The number of carbonyl (C=O) groups excluding carboxylic acids is 1. The van der Waals surface area contributed by atoms with Crippen molar-refractivity contribution in [1.82, 2.24) is 20.2 Å². The summed E-state index contributed by atoms with van der Waals surface area (Å²) in [6.45, 7) is 11.7. The molecule has 0 radical (unpaired) electrons. The maximum absolute atomic E-state index is 12.2. The highest BCUT2D eigenvalue weighted by atomic mass is 32.2. The second-order valence-electron chi connectivity index (χ2n) is 7.56. The molecule has 1 N–H and O–H groups in total. The van der Waals surface area contributed by atoms with Crippen molar-refractivity contribution in [2.75, 3.05) is 50.1 Å². The van der Waals surface area contributed by atoms with Crippen molar-refractivity contribution < 1.29 is 9.53 Å². The molecular formula is C20H34N6O2S2. The van der Waals surface area contributed by atoms with Gasteiger partial charge in [-0.15, -0.1) is 0 Å². The number of piperazine rings is 1. The Morgan fingerprint density at radius 1 is 1.23 bits per heavy atom. The van der Waals surface area contributed by atoms with E-state index in [1.54, 1.807) is 29.0 Å². The fourth-order valence-electron chi connectivity index (χ4n) is 3.10. The summed E-state index contributed by atoms with van der Waals surface area (Å²) in [6.07, 6.45) is 4.42. The van der Waals surface area contributed by atoms with Gasteiger partial charge in [0.2, 0.25) is 0 Å². The highest BCUT2D eigenvalue weighted by Crippen LogP contribution is 2.27. The number of ether oxygens (including phenoxy) is 1. The zero-order valence-electron chi connectivity index (χ0n) is 18.9. The third kappa shape index (κ3) is 7.85. The minimum atomic E-state index is -0.458. The zero-order valence-corrected chi connectivity index (χ0v) is 20.6. The van der Waals surface area contributed by atoms with Crippen LogP contribution in [-0.2, 0) is 17.7 Å². The monoisotopic (exact) mass is 454 g/mol. The first-order valence-electron chi connectivity index (χ1n) is 9.92. The van der Waals surface area contributed by atoms with Gasteiger partial charge in [-0.25, -0.2) is 14.8 Å². The number of hydrogen-bond acceptors (Lipinski definition) is 9. The number of thioether (sulfide) groups is 1. The molecule has 0 saturated carbocycles. The van der Waals surface area contributed by atoms with Crippen molar-refractivity contribution >= 4 is 36.3 Å². The molecule has 0 atom stereocenters. The van der Waals surface area contributed by atoms with E-state index in [4.69, 9.17) is 15.0 Å². The smallest absolute Gasteiger partial charge is 0.410 e. The SMILES string of the molecule is CC#N.CS.CSc1nc2c(c(N3CCN(C(=O)OC(C)(C)C)CC3)n1)CCNC2. The second kappa shape index (κ2) is 12.9. The van der Waals surface area contributed by atoms with Crippen LogP contribution >= 0.6 is 24.4 Å². The molecule has 2 aliphatic heterocycles. The van der Waals surface area contributed by atoms with E-state index >= 15 is 0 Å². The normalized spacial score (nSPS) is 15.5. The van der Waals surface area contributed by atoms with Gasteiger partial charge in [-0.05, 0) is 46.2 Å². The summed E-state index contributed by atoms with van der Waals surface area (Å²) in [5.41, 5.74) is 1.90. The molecule has 1 aromatic rings. The minimum Gasteiger partial charge on any atom is -0.444 e. The molecule has 30 heavy (non-hydrogen) atoms. The standard InChI is InChI=1S/C17H27N5O2S.C2H3N.CH4S/c1-17(2,3)24-16(23)22-9-7-21(8-10-22)14-12-5-6-18-11-13(12)19-15(20-14)25-4;1-2-3;1-2/h18H,5-11H2,1-4H3;1H3;2H,1H3. The molecule has 0 bridgehead atoms. The number of carbonyl (C=O) groups is 1. The molecule has 1 saturated heterocycles. The van der Waals surface area contributed by atoms with Crippen LogP contribution < -0.4 is 10.2 Å². The lowest BCUT2D eigenvalue weighted by Crippen LogP contribution is -2.50. The van der Waals surface area contributed by atoms with E-state index in [0.29, 0.717) is 13.1 Å². The number of aromatic nitrogens is 2. The molecule has 1 amide bonds. The van der Waals surface area contributed by atoms with E-state index in [1.807, 2.05) is 27.0 Å². The van der Waals surface area contributed by atoms with Gasteiger partial charge in [-0.2, -0.15) is 17.9 Å². The summed E-state index contributed by atoms with van der Waals surface area (Å²) in [4.78, 5) is 25.7. The first-order valence-corrected chi connectivity index (χ1v) is 12.0. The Morgan fingerprint density at radius 2 is 1.83 bits per heavy atom. The molecule has 3 rings (SSSR count). The fraction of sp³-hybridized carbons (Fsp3) is 0.700. The van der Waals surface area contributed by atoms with Crippen molar-refractivity contribution in [3.8, 4) is 6.07 Å². The Bertz CT molecular complexity index is 725. The third-order valence-electron chi connectivity index (χ3n) is 4.31. The number of nitrogens with zero attached hydrogens (tertiary/aromatic N) is 5. The molecule has 0 aliphatic carbocycles. The second-order valence-corrected chi connectivity index (χ2v) is 8.34. The topological polar surface area (TPSA) is 94.4 Å². The van der Waals surface area contributed by atoms with E-state index in [2.05, 4.69) is 27.8 Å². The van der Waals surface area contributed by atoms with Crippen LogP contribution in [0.15, 0.2) is 5.16 Å². The largest absolute Gasteiger partial charge is 0.444 e. The molecule has 168 valence electrons. The van der Waals surface area contributed by atoms with E-state index in [0.717, 1.165) is 49.3 Å². The molecule has 10 heteroatoms. The van der Waals surface area contributed by atoms with Crippen LogP contribution in [0.3, 0.4) is 0 Å². The van der Waals surface area contributed by atoms with Crippen LogP contribution in [0.1, 0.15) is 39.0 Å². The summed E-state index contributed by atoms with van der Waals surface area (Å²) in [5.74, 6) is 1.04. The Kier molecular flexibility index (Phi) is 11.3. The molecule has 2 aliphatic rings. The average molecular weight is 455 g/mol. The number of nitrogens with one attached hydrogen (secondary N) is 1. The summed E-state index contributed by atoms with van der Waals surface area (Å²) >= 11 is 5.10. The number of thiol groups is 1. The molecule has 0 aromatic carbocycles. The predicted molar refractivity (Wildman–Crippen MR) is 125 cm³/mol. The number of fused-ring (bicyclic) bond motifs is 1. The summed E-state index contributed by atoms with van der Waals surface area (Å²) in [7, 11) is 0. The summed E-state index contributed by atoms with van der Waals surface area (Å²) < 4.78 is 5.48. The lowest BCUT2D eigenvalue weighted by atomic mass is 10.1. The van der Waals surface area contributed by atoms with E-state index in [-0.39, 0.29) is 6.09 Å². The molecule has 8 nitrogen and oxygen atoms in total. The van der Waals surface area contributed by atoms with E-state index in [1.165, 1.54) is 12.5 Å². The van der Waals surface area contributed by atoms with Crippen LogP contribution in [-0.4, -0.2) is 71.8 Å². The van der Waals surface area contributed by atoms with Crippen molar-refractivity contribution in [2.45, 2.75) is 51.4 Å². The number of anilines is 1. The first-order chi connectivity index (χ1) is 14.3. The van der Waals surface area contributed by atoms with Gasteiger partial charge in [0.25, 0.3) is 0 Å². The Morgan fingerprint density at radius 3 is 2.37 bits per heavy atom. The average Bonchev–Trinajstić information content (AvgIpc) is 2.74. The van der Waals surface area contributed by atoms with Crippen LogP contribution in [0, 0.1) is 11.3 Å². The van der Waals surface area contributed by atoms with Gasteiger partial charge in [0.15, 0.2) is 5.16 Å². The molecule has 1 fully saturated rings. The van der Waals surface area contributed by atoms with Crippen LogP contribution in [0.4, 0.5) is 10.6 Å². The summed E-state index contributed by atoms with van der Waals surface area (Å²) in [6, 6.07) is 1.75. The molecular weight excluding hydrogens is 420 g/mol. The van der Waals surface area contributed by atoms with Gasteiger partial charge in [0.1, 0.15) is 11.4 Å². The number of hydrogen-bond donors (Lipinski definition) is 2. The number of amides is 1. The summed E-state index contributed by atoms with van der Waals surface area (Å²) in [5, 5.41) is 11.5. The quantitative estimate of drug-likeness (QED) is 0.400. The molecule has 1 aromatic heterocycles. The molecule has 0 spiro atoms. The van der Waals surface area contributed by atoms with Crippen molar-refractivity contribution in [3.05, 3.63) is 11.3 Å². The van der Waals surface area contributed by atoms with Crippen LogP contribution in [0.25, 0.3) is 0 Å². The van der Waals surface area contributed by atoms with Crippen LogP contribution in [0.2, 0.25) is 0 Å². The van der Waals surface area contributed by atoms with Crippen LogP contribution in [0.5, 0.6) is 0 Å². The van der Waals surface area contributed by atoms with Gasteiger partial charge < -0.3 is 19.9 Å².